The number of nitrogens with zero attached hydrogens (tertiary/aromatic N) is 4. The van der Waals surface area contributed by atoms with Gasteiger partial charge >= 0.3 is 5.69 Å². The largest absolute Gasteiger partial charge is 0.490 e. The van der Waals surface area contributed by atoms with Gasteiger partial charge in [0.2, 0.25) is 0 Å². The fraction of sp³-hybridized carbons (Fsp3) is 0.222. The smallest absolute Gasteiger partial charge is 0.311 e. The molecule has 0 unspecified atom stereocenters. The summed E-state index contributed by atoms with van der Waals surface area (Å²) in [4.78, 5) is 10.2. The fourth-order valence-electron chi connectivity index (χ4n) is 1.38. The highest BCUT2D eigenvalue weighted by molar-refractivity contribution is 5.57. The lowest BCUT2D eigenvalue weighted by atomic mass is 10.2. The highest BCUT2D eigenvalue weighted by Gasteiger charge is 2.14. The Morgan fingerprint density at radius 1 is 1.56 bits per heavy atom. The van der Waals surface area contributed by atoms with Gasteiger partial charge in [0.1, 0.15) is 0 Å². The molecule has 0 fully saturated rings. The first-order valence-electron chi connectivity index (χ1n) is 4.99. The van der Waals surface area contributed by atoms with E-state index in [1.165, 1.54) is 19.2 Å². The van der Waals surface area contributed by atoms with Crippen LogP contribution in [0.3, 0.4) is 0 Å². The number of nitro benzene ring substituents is 1. The molecule has 0 aliphatic heterocycles. The zero-order chi connectivity index (χ0) is 13.0. The van der Waals surface area contributed by atoms with Crippen molar-refractivity contribution in [3.63, 3.8) is 0 Å². The summed E-state index contributed by atoms with van der Waals surface area (Å²) < 4.78 is 4.95. The minimum absolute atomic E-state index is 0.0809. The van der Waals surface area contributed by atoms with E-state index in [1.54, 1.807) is 6.07 Å². The van der Waals surface area contributed by atoms with Crippen molar-refractivity contribution >= 4 is 11.4 Å². The molecule has 0 saturated heterocycles. The van der Waals surface area contributed by atoms with E-state index in [0.717, 1.165) is 0 Å². The number of nitrogens with one attached hydrogen (secondary N) is 2. The number of hydrogen-bond acceptors (Lipinski definition) is 7. The number of anilines is 1. The predicted octanol–water partition coefficient (Wildman–Crippen LogP) is 0.729. The molecule has 0 bridgehead atoms. The van der Waals surface area contributed by atoms with Gasteiger partial charge in [0.25, 0.3) is 0 Å². The van der Waals surface area contributed by atoms with Crippen LogP contribution in [0.1, 0.15) is 5.82 Å². The normalized spacial score (nSPS) is 10.1. The zero-order valence-corrected chi connectivity index (χ0v) is 9.45. The monoisotopic (exact) mass is 250 g/mol. The maximum Gasteiger partial charge on any atom is 0.311 e. The molecule has 94 valence electrons. The van der Waals surface area contributed by atoms with Gasteiger partial charge in [-0.25, -0.2) is 0 Å². The topological polar surface area (TPSA) is 119 Å². The molecule has 0 radical (unpaired) electrons. The molecule has 2 aromatic rings. The van der Waals surface area contributed by atoms with Crippen molar-refractivity contribution in [3.8, 4) is 5.75 Å². The van der Waals surface area contributed by atoms with Crippen molar-refractivity contribution in [1.29, 1.82) is 0 Å². The van der Waals surface area contributed by atoms with Gasteiger partial charge in [0, 0.05) is 17.8 Å². The summed E-state index contributed by atoms with van der Waals surface area (Å²) in [6, 6.07) is 4.50. The van der Waals surface area contributed by atoms with Crippen LogP contribution in [0.15, 0.2) is 18.2 Å². The first-order valence-corrected chi connectivity index (χ1v) is 4.99. The van der Waals surface area contributed by atoms with Crippen molar-refractivity contribution < 1.29 is 9.66 Å². The summed E-state index contributed by atoms with van der Waals surface area (Å²) >= 11 is 0. The molecular weight excluding hydrogens is 240 g/mol. The van der Waals surface area contributed by atoms with Crippen LogP contribution >= 0.6 is 0 Å². The molecule has 9 heteroatoms. The minimum atomic E-state index is -0.498. The maximum absolute atomic E-state index is 10.7. The van der Waals surface area contributed by atoms with Crippen LogP contribution < -0.4 is 10.1 Å². The van der Waals surface area contributed by atoms with Crippen LogP contribution in [0.4, 0.5) is 11.4 Å². The Balaban J connectivity index is 2.12. The molecule has 0 spiro atoms. The Labute approximate surface area is 101 Å². The molecule has 0 amide bonds. The van der Waals surface area contributed by atoms with E-state index in [9.17, 15) is 10.1 Å². The summed E-state index contributed by atoms with van der Waals surface area (Å²) in [6.45, 7) is 0.359. The summed E-state index contributed by atoms with van der Waals surface area (Å²) in [5.41, 5.74) is 0.588. The van der Waals surface area contributed by atoms with Crippen LogP contribution in [0.5, 0.6) is 5.75 Å². The van der Waals surface area contributed by atoms with Crippen molar-refractivity contribution in [2.45, 2.75) is 6.54 Å². The van der Waals surface area contributed by atoms with Gasteiger partial charge in [-0.05, 0) is 6.07 Å². The lowest BCUT2D eigenvalue weighted by Crippen LogP contribution is -2.02. The molecule has 1 heterocycles. The van der Waals surface area contributed by atoms with E-state index in [-0.39, 0.29) is 11.4 Å². The standard InChI is InChI=1S/C9H10N6O3/c1-18-8-4-6(2-3-7(8)15(16)17)10-5-9-11-13-14-12-9/h2-4,10H,5H2,1H3,(H,11,12,13,14). The Bertz CT molecular complexity index is 541. The number of aromatic nitrogens is 4. The summed E-state index contributed by atoms with van der Waals surface area (Å²) in [6.07, 6.45) is 0. The highest BCUT2D eigenvalue weighted by atomic mass is 16.6. The van der Waals surface area contributed by atoms with E-state index < -0.39 is 4.92 Å². The lowest BCUT2D eigenvalue weighted by molar-refractivity contribution is -0.385. The second-order valence-corrected chi connectivity index (χ2v) is 3.33. The molecular formula is C9H10N6O3. The molecule has 0 saturated carbocycles. The van der Waals surface area contributed by atoms with E-state index >= 15 is 0 Å². The number of benzene rings is 1. The lowest BCUT2D eigenvalue weighted by Gasteiger charge is -2.06. The number of methoxy groups -OCH3 is 1. The van der Waals surface area contributed by atoms with E-state index in [0.29, 0.717) is 18.1 Å². The Morgan fingerprint density at radius 3 is 3.00 bits per heavy atom. The Morgan fingerprint density at radius 2 is 2.39 bits per heavy atom. The van der Waals surface area contributed by atoms with Gasteiger partial charge < -0.3 is 10.1 Å². The summed E-state index contributed by atoms with van der Waals surface area (Å²) in [5.74, 6) is 0.686. The first-order chi connectivity index (χ1) is 8.70. The molecule has 0 aliphatic rings. The fourth-order valence-corrected chi connectivity index (χ4v) is 1.38. The number of hydrogen-bond donors (Lipinski definition) is 2. The van der Waals surface area contributed by atoms with Gasteiger partial charge in [0.15, 0.2) is 11.6 Å². The van der Waals surface area contributed by atoms with Crippen molar-refractivity contribution in [1.82, 2.24) is 20.6 Å². The van der Waals surface area contributed by atoms with E-state index in [1.807, 2.05) is 0 Å². The number of H-pyrrole nitrogens is 1. The van der Waals surface area contributed by atoms with Crippen molar-refractivity contribution in [3.05, 3.63) is 34.1 Å². The average Bonchev–Trinajstić information content (AvgIpc) is 2.88. The molecule has 2 rings (SSSR count). The van der Waals surface area contributed by atoms with Gasteiger partial charge in [0.05, 0.1) is 18.6 Å². The number of tetrazole rings is 1. The van der Waals surface area contributed by atoms with E-state index in [2.05, 4.69) is 25.9 Å². The molecule has 2 N–H and O–H groups in total. The van der Waals surface area contributed by atoms with Crippen LogP contribution in [0.2, 0.25) is 0 Å². The van der Waals surface area contributed by atoms with Crippen LogP contribution in [-0.2, 0) is 6.54 Å². The summed E-state index contributed by atoms with van der Waals surface area (Å²) in [5, 5.41) is 27.0. The molecule has 18 heavy (non-hydrogen) atoms. The zero-order valence-electron chi connectivity index (χ0n) is 9.45. The third-order valence-electron chi connectivity index (χ3n) is 2.22. The number of nitro groups is 1. The van der Waals surface area contributed by atoms with Crippen molar-refractivity contribution in [2.24, 2.45) is 0 Å². The quantitative estimate of drug-likeness (QED) is 0.592. The van der Waals surface area contributed by atoms with Gasteiger partial charge in [-0.3, -0.25) is 10.1 Å². The van der Waals surface area contributed by atoms with Crippen molar-refractivity contribution in [2.75, 3.05) is 12.4 Å². The first kappa shape index (κ1) is 11.8. The number of rotatable bonds is 5. The Kier molecular flexibility index (Phi) is 3.32. The highest BCUT2D eigenvalue weighted by Crippen LogP contribution is 2.29. The molecule has 1 aromatic heterocycles. The van der Waals surface area contributed by atoms with Crippen LogP contribution in [0, 0.1) is 10.1 Å². The Hall–Kier alpha value is -2.71. The second-order valence-electron chi connectivity index (χ2n) is 3.33. The van der Waals surface area contributed by atoms with Crippen LogP contribution in [0.25, 0.3) is 0 Å². The maximum atomic E-state index is 10.7. The number of ether oxygens (including phenoxy) is 1. The van der Waals surface area contributed by atoms with Crippen LogP contribution in [-0.4, -0.2) is 32.7 Å². The molecule has 1 aromatic carbocycles. The van der Waals surface area contributed by atoms with E-state index in [4.69, 9.17) is 4.74 Å². The molecule has 0 atom stereocenters. The molecule has 0 aliphatic carbocycles. The van der Waals surface area contributed by atoms with Gasteiger partial charge in [-0.2, -0.15) is 5.21 Å². The number of aromatic amines is 1. The third kappa shape index (κ3) is 2.51. The third-order valence-corrected chi connectivity index (χ3v) is 2.22. The molecule has 9 nitrogen and oxygen atoms in total. The minimum Gasteiger partial charge on any atom is -0.490 e. The predicted molar refractivity (Wildman–Crippen MR) is 61.2 cm³/mol. The van der Waals surface area contributed by atoms with Gasteiger partial charge in [-0.15, -0.1) is 10.2 Å². The average molecular weight is 250 g/mol. The second kappa shape index (κ2) is 5.08. The summed E-state index contributed by atoms with van der Waals surface area (Å²) in [7, 11) is 1.38. The van der Waals surface area contributed by atoms with Gasteiger partial charge in [-0.1, -0.05) is 5.21 Å². The SMILES string of the molecule is COc1cc(NCc2nn[nH]n2)ccc1[N+](=O)[O-].